The minimum Gasteiger partial charge on any atom is -0.317 e. The summed E-state index contributed by atoms with van der Waals surface area (Å²) in [6.07, 6.45) is 13.4. The van der Waals surface area contributed by atoms with Gasteiger partial charge in [0.2, 0.25) is 0 Å². The number of hydrogen-bond donors (Lipinski definition) is 1. The molecule has 2 aliphatic carbocycles. The lowest BCUT2D eigenvalue weighted by Crippen LogP contribution is -2.37. The maximum atomic E-state index is 3.53. The number of hydrogen-bond acceptors (Lipinski definition) is 1. The van der Waals surface area contributed by atoms with Crippen LogP contribution in [0, 0.1) is 11.8 Å². The first-order valence-electron chi connectivity index (χ1n) is 6.57. The number of nitrogens with one attached hydrogen (secondary N) is 1. The van der Waals surface area contributed by atoms with Crippen molar-refractivity contribution >= 4 is 0 Å². The molecule has 1 atom stereocenters. The van der Waals surface area contributed by atoms with E-state index in [0.717, 1.165) is 17.9 Å². The topological polar surface area (TPSA) is 12.0 Å². The molecule has 2 fully saturated rings. The maximum absolute atomic E-state index is 3.53. The summed E-state index contributed by atoms with van der Waals surface area (Å²) in [4.78, 5) is 0. The number of rotatable bonds is 5. The normalized spacial score (nSPS) is 26.4. The van der Waals surface area contributed by atoms with E-state index in [9.17, 15) is 0 Å². The Morgan fingerprint density at radius 3 is 2.29 bits per heavy atom. The van der Waals surface area contributed by atoms with Crippen molar-refractivity contribution < 1.29 is 0 Å². The van der Waals surface area contributed by atoms with Crippen LogP contribution in [-0.2, 0) is 0 Å². The second-order valence-electron chi connectivity index (χ2n) is 5.31. The van der Waals surface area contributed by atoms with E-state index in [1.165, 1.54) is 57.8 Å². The minimum atomic E-state index is 0.837. The summed E-state index contributed by atoms with van der Waals surface area (Å²) in [5.74, 6) is 2.09. The van der Waals surface area contributed by atoms with Gasteiger partial charge in [0, 0.05) is 6.04 Å². The smallest absolute Gasteiger partial charge is 0.00924 e. The van der Waals surface area contributed by atoms with Crippen molar-refractivity contribution in [1.82, 2.24) is 5.32 Å². The van der Waals surface area contributed by atoms with Crippen LogP contribution in [0.3, 0.4) is 0 Å². The molecule has 0 aromatic carbocycles. The average Bonchev–Trinajstić information content (AvgIpc) is 2.61. The highest BCUT2D eigenvalue weighted by atomic mass is 14.9. The molecule has 0 bridgehead atoms. The molecule has 2 aliphatic rings. The molecule has 0 saturated heterocycles. The van der Waals surface area contributed by atoms with Gasteiger partial charge in [0.25, 0.3) is 0 Å². The third-order valence-electron chi connectivity index (χ3n) is 4.45. The molecule has 0 spiro atoms. The molecule has 82 valence electrons. The second kappa shape index (κ2) is 5.16. The van der Waals surface area contributed by atoms with Gasteiger partial charge in [0.15, 0.2) is 0 Å². The molecule has 2 saturated carbocycles. The second-order valence-corrected chi connectivity index (χ2v) is 5.31. The zero-order valence-electron chi connectivity index (χ0n) is 9.60. The fourth-order valence-corrected chi connectivity index (χ4v) is 3.17. The molecule has 14 heavy (non-hydrogen) atoms. The molecule has 0 aromatic rings. The van der Waals surface area contributed by atoms with E-state index in [-0.39, 0.29) is 0 Å². The first-order valence-corrected chi connectivity index (χ1v) is 6.57. The van der Waals surface area contributed by atoms with Gasteiger partial charge in [0.1, 0.15) is 0 Å². The molecule has 1 N–H and O–H groups in total. The fourth-order valence-electron chi connectivity index (χ4n) is 3.17. The maximum Gasteiger partial charge on any atom is 0.00924 e. The quantitative estimate of drug-likeness (QED) is 0.709. The van der Waals surface area contributed by atoms with Crippen LogP contribution in [0.4, 0.5) is 0 Å². The highest BCUT2D eigenvalue weighted by molar-refractivity contribution is 4.82. The van der Waals surface area contributed by atoms with Crippen molar-refractivity contribution in [3.63, 3.8) is 0 Å². The van der Waals surface area contributed by atoms with Gasteiger partial charge in [-0.2, -0.15) is 0 Å². The van der Waals surface area contributed by atoms with Gasteiger partial charge in [-0.3, -0.25) is 0 Å². The van der Waals surface area contributed by atoms with E-state index in [1.54, 1.807) is 0 Å². The van der Waals surface area contributed by atoms with Crippen LogP contribution in [0.5, 0.6) is 0 Å². The minimum absolute atomic E-state index is 0.837. The molecule has 0 aromatic heterocycles. The van der Waals surface area contributed by atoms with Crippen LogP contribution >= 0.6 is 0 Å². The Morgan fingerprint density at radius 2 is 1.79 bits per heavy atom. The van der Waals surface area contributed by atoms with Crippen LogP contribution in [0.1, 0.15) is 57.8 Å². The Morgan fingerprint density at radius 1 is 1.07 bits per heavy atom. The van der Waals surface area contributed by atoms with E-state index in [0.29, 0.717) is 0 Å². The summed E-state index contributed by atoms with van der Waals surface area (Å²) in [7, 11) is 2.15. The van der Waals surface area contributed by atoms with E-state index in [4.69, 9.17) is 0 Å². The van der Waals surface area contributed by atoms with Crippen LogP contribution in [-0.4, -0.2) is 13.1 Å². The fraction of sp³-hybridized carbons (Fsp3) is 1.00. The van der Waals surface area contributed by atoms with Crippen molar-refractivity contribution in [3.8, 4) is 0 Å². The Hall–Kier alpha value is -0.0400. The van der Waals surface area contributed by atoms with Crippen LogP contribution < -0.4 is 5.32 Å². The van der Waals surface area contributed by atoms with Gasteiger partial charge < -0.3 is 5.32 Å². The molecule has 1 heteroatoms. The largest absolute Gasteiger partial charge is 0.317 e. The third-order valence-corrected chi connectivity index (χ3v) is 4.45. The Labute approximate surface area is 88.7 Å². The lowest BCUT2D eigenvalue weighted by Gasteiger charge is -2.34. The van der Waals surface area contributed by atoms with Gasteiger partial charge in [-0.05, 0) is 44.6 Å². The van der Waals surface area contributed by atoms with E-state index < -0.39 is 0 Å². The van der Waals surface area contributed by atoms with Crippen molar-refractivity contribution in [2.45, 2.75) is 63.8 Å². The molecule has 0 amide bonds. The molecular weight excluding hydrogens is 170 g/mol. The van der Waals surface area contributed by atoms with Crippen LogP contribution in [0.2, 0.25) is 0 Å². The molecule has 0 aliphatic heterocycles. The van der Waals surface area contributed by atoms with Gasteiger partial charge in [-0.15, -0.1) is 0 Å². The zero-order chi connectivity index (χ0) is 9.80. The standard InChI is InChI=1S/C13H25N/c1-14-13(12-7-4-8-12)10-9-11-5-2-3-6-11/h11-14H,2-10H2,1H3. The highest BCUT2D eigenvalue weighted by Gasteiger charge is 2.26. The molecule has 0 heterocycles. The van der Waals surface area contributed by atoms with Crippen molar-refractivity contribution in [2.24, 2.45) is 11.8 Å². The lowest BCUT2D eigenvalue weighted by atomic mass is 9.77. The molecule has 1 nitrogen and oxygen atoms in total. The molecular formula is C13H25N. The van der Waals surface area contributed by atoms with E-state index in [2.05, 4.69) is 12.4 Å². The highest BCUT2D eigenvalue weighted by Crippen LogP contribution is 2.34. The Balaban J connectivity index is 1.65. The van der Waals surface area contributed by atoms with Crippen molar-refractivity contribution in [1.29, 1.82) is 0 Å². The predicted molar refractivity (Wildman–Crippen MR) is 61.4 cm³/mol. The predicted octanol–water partition coefficient (Wildman–Crippen LogP) is 3.34. The van der Waals surface area contributed by atoms with Gasteiger partial charge in [-0.25, -0.2) is 0 Å². The average molecular weight is 195 g/mol. The van der Waals surface area contributed by atoms with Crippen LogP contribution in [0.25, 0.3) is 0 Å². The summed E-state index contributed by atoms with van der Waals surface area (Å²) in [6, 6.07) is 0.837. The first kappa shape index (κ1) is 10.5. The van der Waals surface area contributed by atoms with Gasteiger partial charge in [-0.1, -0.05) is 32.1 Å². The summed E-state index contributed by atoms with van der Waals surface area (Å²) in [6.45, 7) is 0. The third kappa shape index (κ3) is 2.50. The monoisotopic (exact) mass is 195 g/mol. The summed E-state index contributed by atoms with van der Waals surface area (Å²) in [5.41, 5.74) is 0. The van der Waals surface area contributed by atoms with Crippen molar-refractivity contribution in [2.75, 3.05) is 7.05 Å². The van der Waals surface area contributed by atoms with Gasteiger partial charge >= 0.3 is 0 Å². The first-order chi connectivity index (χ1) is 6.90. The SMILES string of the molecule is CNC(CCC1CCCC1)C1CCC1. The molecule has 1 unspecified atom stereocenters. The lowest BCUT2D eigenvalue weighted by molar-refractivity contribution is 0.218. The summed E-state index contributed by atoms with van der Waals surface area (Å²) >= 11 is 0. The summed E-state index contributed by atoms with van der Waals surface area (Å²) < 4.78 is 0. The molecule has 0 radical (unpaired) electrons. The Kier molecular flexibility index (Phi) is 3.86. The summed E-state index contributed by atoms with van der Waals surface area (Å²) in [5, 5.41) is 3.53. The molecule has 2 rings (SSSR count). The van der Waals surface area contributed by atoms with Crippen LogP contribution in [0.15, 0.2) is 0 Å². The Bertz CT molecular complexity index is 157. The van der Waals surface area contributed by atoms with Crippen molar-refractivity contribution in [3.05, 3.63) is 0 Å². The van der Waals surface area contributed by atoms with Gasteiger partial charge in [0.05, 0.1) is 0 Å². The zero-order valence-corrected chi connectivity index (χ0v) is 9.60. The van der Waals surface area contributed by atoms with E-state index >= 15 is 0 Å². The van der Waals surface area contributed by atoms with E-state index in [1.807, 2.05) is 0 Å².